The summed E-state index contributed by atoms with van der Waals surface area (Å²) in [5.41, 5.74) is 0. The summed E-state index contributed by atoms with van der Waals surface area (Å²) in [6.07, 6.45) is 5.80. The Morgan fingerprint density at radius 1 is 1.00 bits per heavy atom. The fraction of sp³-hybridized carbons (Fsp3) is 0.737. The van der Waals surface area contributed by atoms with Gasteiger partial charge in [0.05, 0.1) is 58.6 Å². The Bertz CT molecular complexity index is 549. The number of rotatable bonds is 16. The van der Waals surface area contributed by atoms with Gasteiger partial charge in [-0.2, -0.15) is 0 Å². The molecule has 0 aromatic heterocycles. The number of likely N-dealkylation sites (tertiary alicyclic amines) is 1. The van der Waals surface area contributed by atoms with E-state index < -0.39 is 12.5 Å². The summed E-state index contributed by atoms with van der Waals surface area (Å²) in [4.78, 5) is 36.0. The minimum atomic E-state index is -1.09. The number of amides is 2. The van der Waals surface area contributed by atoms with Crippen molar-refractivity contribution in [1.82, 2.24) is 10.2 Å². The van der Waals surface area contributed by atoms with Gasteiger partial charge in [0, 0.05) is 13.1 Å². The first kappa shape index (κ1) is 24.8. The van der Waals surface area contributed by atoms with Crippen LogP contribution in [-0.4, -0.2) is 100 Å². The van der Waals surface area contributed by atoms with E-state index >= 15 is 0 Å². The van der Waals surface area contributed by atoms with Gasteiger partial charge in [-0.25, -0.2) is 0 Å². The second-order valence-electron chi connectivity index (χ2n) is 6.28. The zero-order valence-electron chi connectivity index (χ0n) is 16.6. The van der Waals surface area contributed by atoms with Gasteiger partial charge >= 0.3 is 5.97 Å². The van der Waals surface area contributed by atoms with E-state index in [1.54, 1.807) is 4.90 Å². The van der Waals surface area contributed by atoms with Gasteiger partial charge in [0.15, 0.2) is 0 Å². The Morgan fingerprint density at radius 2 is 1.59 bits per heavy atom. The molecule has 1 rings (SSSR count). The molecule has 0 aliphatic carbocycles. The lowest BCUT2D eigenvalue weighted by atomic mass is 10.1. The Labute approximate surface area is 170 Å². The van der Waals surface area contributed by atoms with Gasteiger partial charge in [-0.05, 0) is 6.42 Å². The molecule has 0 aromatic rings. The number of carbonyl (C=O) groups is 3. The van der Waals surface area contributed by atoms with Crippen LogP contribution in [0.2, 0.25) is 0 Å². The normalized spacial score (nSPS) is 15.8. The topological polar surface area (TPSA) is 124 Å². The van der Waals surface area contributed by atoms with Crippen molar-refractivity contribution in [3.8, 4) is 12.3 Å². The maximum Gasteiger partial charge on any atom is 0.322 e. The number of aliphatic carboxylic acids is 1. The number of hydrogen-bond donors (Lipinski definition) is 2. The standard InChI is InChI=1S/C19H30N2O8/c1-2-6-26-8-10-28-12-13-29-11-9-27-7-4-17(22)21-5-3-16(15-21)19(25)20-14-18(23)24/h1,16H,3-15H2,(H,20,25)(H,23,24). The number of carbonyl (C=O) groups excluding carboxylic acids is 2. The number of terminal acetylenes is 1. The summed E-state index contributed by atoms with van der Waals surface area (Å²) >= 11 is 0. The van der Waals surface area contributed by atoms with Crippen LogP contribution in [0.5, 0.6) is 0 Å². The third kappa shape index (κ3) is 12.1. The molecule has 1 atom stereocenters. The van der Waals surface area contributed by atoms with E-state index in [9.17, 15) is 14.4 Å². The lowest BCUT2D eigenvalue weighted by molar-refractivity contribution is -0.138. The lowest BCUT2D eigenvalue weighted by Crippen LogP contribution is -2.37. The maximum absolute atomic E-state index is 12.1. The van der Waals surface area contributed by atoms with E-state index in [4.69, 9.17) is 30.5 Å². The summed E-state index contributed by atoms with van der Waals surface area (Å²) < 4.78 is 21.1. The van der Waals surface area contributed by atoms with E-state index in [0.29, 0.717) is 59.2 Å². The number of hydrogen-bond acceptors (Lipinski definition) is 7. The zero-order chi connectivity index (χ0) is 21.3. The van der Waals surface area contributed by atoms with Gasteiger partial charge in [0.25, 0.3) is 0 Å². The molecule has 1 fully saturated rings. The van der Waals surface area contributed by atoms with Crippen LogP contribution in [0, 0.1) is 18.3 Å². The van der Waals surface area contributed by atoms with Crippen LogP contribution in [0.4, 0.5) is 0 Å². The predicted molar refractivity (Wildman–Crippen MR) is 102 cm³/mol. The fourth-order valence-electron chi connectivity index (χ4n) is 2.62. The highest BCUT2D eigenvalue weighted by Crippen LogP contribution is 2.17. The first-order valence-electron chi connectivity index (χ1n) is 9.56. The number of carboxylic acid groups (broad SMARTS) is 1. The number of nitrogens with one attached hydrogen (secondary N) is 1. The highest BCUT2D eigenvalue weighted by molar-refractivity contribution is 5.84. The third-order valence-electron chi connectivity index (χ3n) is 4.09. The van der Waals surface area contributed by atoms with E-state index in [2.05, 4.69) is 11.2 Å². The average molecular weight is 414 g/mol. The van der Waals surface area contributed by atoms with Crippen molar-refractivity contribution in [2.75, 3.05) is 72.5 Å². The largest absolute Gasteiger partial charge is 0.480 e. The number of ether oxygens (including phenoxy) is 4. The maximum atomic E-state index is 12.1. The molecule has 1 aliphatic rings. The van der Waals surface area contributed by atoms with Gasteiger partial charge in [-0.1, -0.05) is 5.92 Å². The van der Waals surface area contributed by atoms with Crippen molar-refractivity contribution < 1.29 is 38.4 Å². The molecule has 29 heavy (non-hydrogen) atoms. The van der Waals surface area contributed by atoms with Crippen LogP contribution in [0.25, 0.3) is 0 Å². The van der Waals surface area contributed by atoms with Gasteiger partial charge in [0.2, 0.25) is 11.8 Å². The van der Waals surface area contributed by atoms with Gasteiger partial charge in [0.1, 0.15) is 13.2 Å². The van der Waals surface area contributed by atoms with Crippen molar-refractivity contribution in [1.29, 1.82) is 0 Å². The molecule has 164 valence electrons. The highest BCUT2D eigenvalue weighted by atomic mass is 16.6. The molecule has 0 bridgehead atoms. The summed E-state index contributed by atoms with van der Waals surface area (Å²) in [5, 5.41) is 10.9. The molecule has 1 heterocycles. The number of carboxylic acids is 1. The van der Waals surface area contributed by atoms with E-state index in [0.717, 1.165) is 0 Å². The molecular formula is C19H30N2O8. The summed E-state index contributed by atoms with van der Waals surface area (Å²) in [7, 11) is 0. The van der Waals surface area contributed by atoms with Crippen molar-refractivity contribution in [3.05, 3.63) is 0 Å². The van der Waals surface area contributed by atoms with E-state index in [1.165, 1.54) is 0 Å². The molecule has 1 aliphatic heterocycles. The zero-order valence-corrected chi connectivity index (χ0v) is 16.6. The van der Waals surface area contributed by atoms with Crippen molar-refractivity contribution in [2.24, 2.45) is 5.92 Å². The molecule has 0 aromatic carbocycles. The van der Waals surface area contributed by atoms with E-state index in [1.807, 2.05) is 0 Å². The van der Waals surface area contributed by atoms with Crippen LogP contribution in [0.1, 0.15) is 12.8 Å². The van der Waals surface area contributed by atoms with Gasteiger partial charge in [-0.3, -0.25) is 14.4 Å². The second-order valence-corrected chi connectivity index (χ2v) is 6.28. The SMILES string of the molecule is C#CCOCCOCCOCCOCCC(=O)N1CCC(C(=O)NCC(=O)O)C1. The van der Waals surface area contributed by atoms with Crippen LogP contribution in [0.3, 0.4) is 0 Å². The Morgan fingerprint density at radius 3 is 2.17 bits per heavy atom. The predicted octanol–water partition coefficient (Wildman–Crippen LogP) is -0.875. The van der Waals surface area contributed by atoms with Crippen LogP contribution in [0.15, 0.2) is 0 Å². The first-order chi connectivity index (χ1) is 14.0. The molecule has 2 amide bonds. The Balaban J connectivity index is 1.95. The van der Waals surface area contributed by atoms with Crippen molar-refractivity contribution >= 4 is 17.8 Å². The highest BCUT2D eigenvalue weighted by Gasteiger charge is 2.30. The van der Waals surface area contributed by atoms with E-state index in [-0.39, 0.29) is 37.4 Å². The molecule has 0 radical (unpaired) electrons. The van der Waals surface area contributed by atoms with Crippen LogP contribution >= 0.6 is 0 Å². The third-order valence-corrected chi connectivity index (χ3v) is 4.09. The molecule has 0 spiro atoms. The molecule has 10 nitrogen and oxygen atoms in total. The Kier molecular flexibility index (Phi) is 13.5. The Hall–Kier alpha value is -2.19. The minimum Gasteiger partial charge on any atom is -0.480 e. The summed E-state index contributed by atoms with van der Waals surface area (Å²) in [5.74, 6) is 0.494. The quantitative estimate of drug-likeness (QED) is 0.247. The molecule has 0 saturated carbocycles. The molecular weight excluding hydrogens is 384 g/mol. The number of nitrogens with zero attached hydrogens (tertiary/aromatic N) is 1. The fourth-order valence-corrected chi connectivity index (χ4v) is 2.62. The van der Waals surface area contributed by atoms with Crippen LogP contribution in [-0.2, 0) is 33.3 Å². The van der Waals surface area contributed by atoms with Gasteiger partial charge in [-0.15, -0.1) is 6.42 Å². The lowest BCUT2D eigenvalue weighted by Gasteiger charge is -2.16. The van der Waals surface area contributed by atoms with Crippen LogP contribution < -0.4 is 5.32 Å². The van der Waals surface area contributed by atoms with Gasteiger partial charge < -0.3 is 34.3 Å². The van der Waals surface area contributed by atoms with Crippen molar-refractivity contribution in [3.63, 3.8) is 0 Å². The molecule has 1 unspecified atom stereocenters. The average Bonchev–Trinajstić information content (AvgIpc) is 3.20. The second kappa shape index (κ2) is 15.7. The van der Waals surface area contributed by atoms with Crippen molar-refractivity contribution in [2.45, 2.75) is 12.8 Å². The smallest absolute Gasteiger partial charge is 0.322 e. The molecule has 10 heteroatoms. The molecule has 2 N–H and O–H groups in total. The summed E-state index contributed by atoms with van der Waals surface area (Å²) in [6, 6.07) is 0. The summed E-state index contributed by atoms with van der Waals surface area (Å²) in [6.45, 7) is 3.52. The minimum absolute atomic E-state index is 0.0834. The molecule has 1 saturated heterocycles. The first-order valence-corrected chi connectivity index (χ1v) is 9.56. The monoisotopic (exact) mass is 414 g/mol.